The van der Waals surface area contributed by atoms with Gasteiger partial charge in [-0.3, -0.25) is 11.3 Å². The smallest absolute Gasteiger partial charge is 0.136 e. The molecule has 49 heavy (non-hydrogen) atoms. The second-order valence-electron chi connectivity index (χ2n) is 11.1. The van der Waals surface area contributed by atoms with Crippen molar-refractivity contribution in [1.29, 1.82) is 5.41 Å². The van der Waals surface area contributed by atoms with Gasteiger partial charge in [0.15, 0.2) is 0 Å². The zero-order valence-electron chi connectivity index (χ0n) is 28.4. The van der Waals surface area contributed by atoms with E-state index >= 15 is 0 Å². The Balaban J connectivity index is 0.000000212. The summed E-state index contributed by atoms with van der Waals surface area (Å²) in [5, 5.41) is 11.0. The highest BCUT2D eigenvalue weighted by atomic mass is 16.3. The maximum absolute atomic E-state index is 8.92. The third-order valence-electron chi connectivity index (χ3n) is 7.66. The maximum atomic E-state index is 8.92. The second kappa shape index (κ2) is 18.4. The third kappa shape index (κ3) is 9.52. The van der Waals surface area contributed by atoms with E-state index in [0.717, 1.165) is 55.5 Å². The number of hydrazine groups is 1. The van der Waals surface area contributed by atoms with Crippen LogP contribution in [0.4, 0.5) is 0 Å². The fourth-order valence-electron chi connectivity index (χ4n) is 5.22. The number of aryl methyl sites for hydroxylation is 2. The number of benzene rings is 6. The predicted molar refractivity (Wildman–Crippen MR) is 209 cm³/mol. The van der Waals surface area contributed by atoms with Gasteiger partial charge in [0.25, 0.3) is 0 Å². The van der Waals surface area contributed by atoms with E-state index in [2.05, 4.69) is 86.2 Å². The molecule has 6 N–H and O–H groups in total. The van der Waals surface area contributed by atoms with Crippen LogP contribution in [0.2, 0.25) is 0 Å². The van der Waals surface area contributed by atoms with Crippen LogP contribution in [-0.4, -0.2) is 12.8 Å². The molecule has 0 aliphatic rings. The number of nitrogens with two attached hydrogens (primary N) is 2. The van der Waals surface area contributed by atoms with E-state index in [-0.39, 0.29) is 0 Å². The van der Waals surface area contributed by atoms with E-state index in [4.69, 9.17) is 15.7 Å². The first-order chi connectivity index (χ1) is 24.0. The van der Waals surface area contributed by atoms with Gasteiger partial charge in [-0.15, -0.1) is 0 Å². The highest BCUT2D eigenvalue weighted by molar-refractivity contribution is 6.23. The molecule has 0 saturated carbocycles. The van der Waals surface area contributed by atoms with Crippen LogP contribution in [0.3, 0.4) is 0 Å². The predicted octanol–water partition coefficient (Wildman–Crippen LogP) is 10.2. The minimum Gasteiger partial charge on any atom is -0.456 e. The Morgan fingerprint density at radius 3 is 1.71 bits per heavy atom. The molecule has 7 rings (SSSR count). The first-order valence-corrected chi connectivity index (χ1v) is 16.1. The third-order valence-corrected chi connectivity index (χ3v) is 7.66. The van der Waals surface area contributed by atoms with Crippen LogP contribution in [-0.2, 0) is 0 Å². The number of para-hydroxylation sites is 1. The first kappa shape index (κ1) is 35.8. The number of furan rings is 1. The monoisotopic (exact) mass is 644 g/mol. The molecule has 1 heterocycles. The Morgan fingerprint density at radius 1 is 0.633 bits per heavy atom. The normalized spacial score (nSPS) is 10.4. The van der Waals surface area contributed by atoms with Crippen molar-refractivity contribution < 1.29 is 4.42 Å². The highest BCUT2D eigenvalue weighted by Gasteiger charge is 2.17. The molecule has 0 spiro atoms. The Hall–Kier alpha value is -6.01. The summed E-state index contributed by atoms with van der Waals surface area (Å²) in [5.74, 6) is 5.32. The van der Waals surface area contributed by atoms with Gasteiger partial charge >= 0.3 is 0 Å². The first-order valence-electron chi connectivity index (χ1n) is 16.1. The molecule has 1 aromatic heterocycles. The molecule has 6 aromatic carbocycles. The van der Waals surface area contributed by atoms with E-state index in [0.29, 0.717) is 5.71 Å². The minimum absolute atomic E-state index is 0.506. The summed E-state index contributed by atoms with van der Waals surface area (Å²) in [4.78, 5) is 0. The summed E-state index contributed by atoms with van der Waals surface area (Å²) in [6, 6.07) is 50.7. The summed E-state index contributed by atoms with van der Waals surface area (Å²) < 4.78 is 6.17. The molecule has 0 unspecified atom stereocenters. The number of hydrogen-bond acceptors (Lipinski definition) is 5. The number of fused-ring (bicyclic) bond motifs is 3. The minimum atomic E-state index is 0.506. The van der Waals surface area contributed by atoms with Crippen LogP contribution in [0.25, 0.3) is 38.8 Å². The van der Waals surface area contributed by atoms with E-state index in [1.54, 1.807) is 6.08 Å². The van der Waals surface area contributed by atoms with Gasteiger partial charge in [0.05, 0.1) is 11.4 Å². The van der Waals surface area contributed by atoms with Gasteiger partial charge in [0.2, 0.25) is 0 Å². The number of hydrogen-bond donors (Lipinski definition) is 4. The lowest BCUT2D eigenvalue weighted by molar-refractivity contribution is 0.669. The summed E-state index contributed by atoms with van der Waals surface area (Å²) in [5.41, 5.74) is 17.7. The van der Waals surface area contributed by atoms with Crippen LogP contribution in [0.5, 0.6) is 0 Å². The fraction of sp³-hybridized carbons (Fsp3) is 0.0682. The van der Waals surface area contributed by atoms with Gasteiger partial charge in [-0.25, -0.2) is 0 Å². The molecule has 0 bridgehead atoms. The van der Waals surface area contributed by atoms with E-state index in [9.17, 15) is 0 Å². The summed E-state index contributed by atoms with van der Waals surface area (Å²) >= 11 is 0. The zero-order chi connectivity index (χ0) is 35.0. The zero-order valence-corrected chi connectivity index (χ0v) is 28.4. The Bertz CT molecular complexity index is 2100. The molecule has 0 atom stereocenters. The quantitative estimate of drug-likeness (QED) is 0.0626. The number of nitrogens with one attached hydrogen (secondary N) is 2. The standard InChI is InChI=1S/C26H19NO.C10H12N2.C7H8.CH5N/c1-17-11-13-18(14-12-17)20-15-22(26(27)19-7-3-2-4-8-19)25-21-9-5-6-10-23(21)28-24(25)16-20;1-2-6-10(12-11)9-7-4-3-5-8-9;1-7-5-3-2-4-6-7;1-2/h2-16,27H,1H3;2-8,12H,1,11H2;2-6H,1H3;2H2,1H3/b;10-6-;;. The molecular formula is C44H44N4O. The van der Waals surface area contributed by atoms with Gasteiger partial charge in [0, 0.05) is 21.9 Å². The van der Waals surface area contributed by atoms with E-state index in [1.807, 2.05) is 103 Å². The average Bonchev–Trinajstić information content (AvgIpc) is 3.54. The molecule has 0 aliphatic carbocycles. The Kier molecular flexibility index (Phi) is 13.4. The van der Waals surface area contributed by atoms with Gasteiger partial charge in [-0.05, 0) is 61.9 Å². The maximum Gasteiger partial charge on any atom is 0.136 e. The topological polar surface area (TPSA) is 101 Å². The van der Waals surface area contributed by atoms with Crippen molar-refractivity contribution in [2.75, 3.05) is 7.05 Å². The number of rotatable bonds is 6. The highest BCUT2D eigenvalue weighted by Crippen LogP contribution is 2.36. The molecule has 0 saturated heterocycles. The lowest BCUT2D eigenvalue weighted by Gasteiger charge is -2.10. The van der Waals surface area contributed by atoms with Crippen LogP contribution >= 0.6 is 0 Å². The van der Waals surface area contributed by atoms with Gasteiger partial charge in [0.1, 0.15) is 11.2 Å². The van der Waals surface area contributed by atoms with Crippen molar-refractivity contribution >= 4 is 33.3 Å². The van der Waals surface area contributed by atoms with Crippen LogP contribution in [0.1, 0.15) is 27.8 Å². The molecule has 246 valence electrons. The molecule has 7 aromatic rings. The van der Waals surface area contributed by atoms with Gasteiger partial charge in [-0.1, -0.05) is 157 Å². The lowest BCUT2D eigenvalue weighted by Crippen LogP contribution is -2.19. The van der Waals surface area contributed by atoms with Crippen LogP contribution < -0.4 is 17.0 Å². The van der Waals surface area contributed by atoms with Crippen molar-refractivity contribution in [3.05, 3.63) is 198 Å². The van der Waals surface area contributed by atoms with Crippen molar-refractivity contribution in [3.63, 3.8) is 0 Å². The van der Waals surface area contributed by atoms with Crippen molar-refractivity contribution in [3.8, 4) is 11.1 Å². The Labute approximate surface area is 289 Å². The van der Waals surface area contributed by atoms with Gasteiger partial charge in [-0.2, -0.15) is 0 Å². The van der Waals surface area contributed by atoms with Crippen molar-refractivity contribution in [2.45, 2.75) is 13.8 Å². The van der Waals surface area contributed by atoms with Crippen molar-refractivity contribution in [1.82, 2.24) is 5.43 Å². The van der Waals surface area contributed by atoms with E-state index in [1.165, 1.54) is 18.2 Å². The molecular weight excluding hydrogens is 601 g/mol. The molecule has 0 aliphatic heterocycles. The lowest BCUT2D eigenvalue weighted by atomic mass is 9.93. The van der Waals surface area contributed by atoms with Crippen molar-refractivity contribution in [2.24, 2.45) is 11.6 Å². The van der Waals surface area contributed by atoms with Crippen LogP contribution in [0, 0.1) is 19.3 Å². The number of allylic oxidation sites excluding steroid dienone is 2. The molecule has 5 heteroatoms. The second-order valence-corrected chi connectivity index (χ2v) is 11.1. The Morgan fingerprint density at radius 2 is 1.16 bits per heavy atom. The van der Waals surface area contributed by atoms with E-state index < -0.39 is 0 Å². The summed E-state index contributed by atoms with van der Waals surface area (Å²) in [7, 11) is 1.50. The molecule has 0 fully saturated rings. The summed E-state index contributed by atoms with van der Waals surface area (Å²) in [6.45, 7) is 7.77. The fourth-order valence-corrected chi connectivity index (χ4v) is 5.22. The SMILES string of the molecule is C=C/C=C(\NN)c1ccccc1.CN.Cc1ccc(-c2cc(C(=N)c3ccccc3)c3c(c2)oc2ccccc23)cc1.Cc1ccccc1. The largest absolute Gasteiger partial charge is 0.456 e. The van der Waals surface area contributed by atoms with Gasteiger partial charge < -0.3 is 15.6 Å². The summed E-state index contributed by atoms with van der Waals surface area (Å²) in [6.07, 6.45) is 3.53. The molecule has 0 amide bonds. The van der Waals surface area contributed by atoms with Crippen LogP contribution in [0.15, 0.2) is 175 Å². The molecule has 0 radical (unpaired) electrons. The average molecular weight is 645 g/mol. The molecule has 5 nitrogen and oxygen atoms in total.